The van der Waals surface area contributed by atoms with Crippen molar-refractivity contribution in [3.63, 3.8) is 0 Å². The van der Waals surface area contributed by atoms with Crippen molar-refractivity contribution in [3.05, 3.63) is 147 Å². The number of benzene rings is 4. The minimum atomic E-state index is -0.800. The van der Waals surface area contributed by atoms with E-state index in [2.05, 4.69) is 39.2 Å². The van der Waals surface area contributed by atoms with E-state index < -0.39 is 4.83 Å². The zero-order valence-corrected chi connectivity index (χ0v) is 32.0. The maximum atomic E-state index is 12.5. The second-order valence-electron chi connectivity index (χ2n) is 8.63. The molecule has 0 heterocycles. The highest BCUT2D eigenvalue weighted by Gasteiger charge is 2.18. The van der Waals surface area contributed by atoms with Crippen LogP contribution in [-0.4, -0.2) is 41.7 Å². The van der Waals surface area contributed by atoms with E-state index in [4.69, 9.17) is 40.7 Å². The molecule has 1 unspecified atom stereocenters. The van der Waals surface area contributed by atoms with E-state index in [-0.39, 0.29) is 17.1 Å². The summed E-state index contributed by atoms with van der Waals surface area (Å²) < 4.78 is 0. The van der Waals surface area contributed by atoms with Gasteiger partial charge >= 0.3 is 0 Å². The Labute approximate surface area is 313 Å². The Kier molecular flexibility index (Phi) is 23.9. The summed E-state index contributed by atoms with van der Waals surface area (Å²) in [7, 11) is 3.51. The van der Waals surface area contributed by atoms with Crippen LogP contribution in [-0.2, 0) is 0 Å². The van der Waals surface area contributed by atoms with Gasteiger partial charge in [0.05, 0.1) is 11.8 Å². The Balaban J connectivity index is 0.000000702. The number of allylic oxidation sites excluding steroid dienone is 1. The van der Waals surface area contributed by atoms with E-state index in [9.17, 15) is 14.9 Å². The second-order valence-corrected chi connectivity index (χ2v) is 10.8. The Hall–Kier alpha value is -3.96. The van der Waals surface area contributed by atoms with Gasteiger partial charge in [-0.15, -0.1) is 0 Å². The molecule has 4 aromatic carbocycles. The van der Waals surface area contributed by atoms with Crippen LogP contribution >= 0.6 is 64.0 Å². The first-order valence-corrected chi connectivity index (χ1v) is 17.4. The highest BCUT2D eigenvalue weighted by Crippen LogP contribution is 2.21. The van der Waals surface area contributed by atoms with E-state index in [0.717, 1.165) is 16.1 Å². The van der Waals surface area contributed by atoms with Crippen molar-refractivity contribution in [2.75, 3.05) is 20.4 Å². The summed E-state index contributed by atoms with van der Waals surface area (Å²) in [5.74, 6) is -0.627. The molecular formula is C37H37BrCl2N4O2S2. The number of carbonyl (C=O) groups excluding carboxylic acids is 2. The fraction of sp³-hybridized carbons (Fsp3) is 0.162. The molecule has 0 radical (unpaired) electrons. The van der Waals surface area contributed by atoms with Gasteiger partial charge in [-0.05, 0) is 36.1 Å². The van der Waals surface area contributed by atoms with E-state index in [1.165, 1.54) is 6.07 Å². The number of ketones is 2. The number of hydrogen-bond donors (Lipinski definition) is 3. The molecule has 2 N–H and O–H groups in total. The third-order valence-electron chi connectivity index (χ3n) is 5.70. The molecule has 4 aromatic rings. The molecule has 4 rings (SSSR count). The Morgan fingerprint density at radius 1 is 0.729 bits per heavy atom. The van der Waals surface area contributed by atoms with Crippen LogP contribution in [0.4, 0.5) is 0 Å². The lowest BCUT2D eigenvalue weighted by Gasteiger charge is -2.10. The molecule has 0 aliphatic carbocycles. The maximum Gasteiger partial charge on any atom is 0.205 e. The molecular weight excluding hydrogens is 747 g/mol. The lowest BCUT2D eigenvalue weighted by molar-refractivity contribution is 0.100. The quantitative estimate of drug-likeness (QED) is 0.0428. The predicted molar refractivity (Wildman–Crippen MR) is 211 cm³/mol. The SMILES string of the molecule is CC.CN/C(=C(/C#N)C(=O)c1cccc(Cl)c1)c1ccccc1.CNC(=S)c1ccccc1.CS.N#CC(Br)C(=O)c1cccc(Cl)c1. The van der Waals surface area contributed by atoms with Crippen LogP contribution in [0.5, 0.6) is 0 Å². The van der Waals surface area contributed by atoms with Gasteiger partial charge in [-0.1, -0.05) is 150 Å². The summed E-state index contributed by atoms with van der Waals surface area (Å²) in [5.41, 5.74) is 3.25. The summed E-state index contributed by atoms with van der Waals surface area (Å²) in [6.07, 6.45) is 1.69. The summed E-state index contributed by atoms with van der Waals surface area (Å²) in [5, 5.41) is 24.7. The molecule has 48 heavy (non-hydrogen) atoms. The number of halogens is 3. The van der Waals surface area contributed by atoms with E-state index in [1.54, 1.807) is 61.8 Å². The summed E-state index contributed by atoms with van der Waals surface area (Å²) >= 11 is 23.1. The molecule has 0 saturated carbocycles. The molecule has 250 valence electrons. The van der Waals surface area contributed by atoms with Crippen LogP contribution in [0.25, 0.3) is 5.70 Å². The van der Waals surface area contributed by atoms with E-state index in [1.807, 2.05) is 87.6 Å². The van der Waals surface area contributed by atoms with Crippen molar-refractivity contribution in [1.82, 2.24) is 10.6 Å². The Morgan fingerprint density at radius 2 is 1.17 bits per heavy atom. The van der Waals surface area contributed by atoms with E-state index in [0.29, 0.717) is 26.9 Å². The molecule has 0 aromatic heterocycles. The minimum absolute atomic E-state index is 0.0611. The first-order valence-electron chi connectivity index (χ1n) is 14.4. The number of alkyl halides is 1. The van der Waals surface area contributed by atoms with Gasteiger partial charge in [0.1, 0.15) is 16.6 Å². The Bertz CT molecular complexity index is 1710. The van der Waals surface area contributed by atoms with Gasteiger partial charge in [0, 0.05) is 40.8 Å². The number of nitrogens with zero attached hydrogens (tertiary/aromatic N) is 2. The average molecular weight is 785 g/mol. The summed E-state index contributed by atoms with van der Waals surface area (Å²) in [4.78, 5) is 23.9. The van der Waals surface area contributed by atoms with Crippen molar-refractivity contribution in [3.8, 4) is 12.1 Å². The number of Topliss-reactive ketones (excluding diaryl/α,β-unsaturated/α-hetero) is 2. The highest BCUT2D eigenvalue weighted by atomic mass is 79.9. The van der Waals surface area contributed by atoms with Gasteiger partial charge in [-0.2, -0.15) is 23.2 Å². The number of carbonyl (C=O) groups is 2. The first-order chi connectivity index (χ1) is 23.2. The fourth-order valence-corrected chi connectivity index (χ4v) is 4.37. The normalized spacial score (nSPS) is 10.2. The van der Waals surface area contributed by atoms with Gasteiger partial charge in [-0.25, -0.2) is 0 Å². The minimum Gasteiger partial charge on any atom is -0.386 e. The molecule has 0 saturated heterocycles. The Morgan fingerprint density at radius 3 is 1.58 bits per heavy atom. The molecule has 1 atom stereocenters. The van der Waals surface area contributed by atoms with Crippen molar-refractivity contribution in [2.45, 2.75) is 18.7 Å². The zero-order valence-electron chi connectivity index (χ0n) is 27.2. The number of hydrogen-bond acceptors (Lipinski definition) is 7. The number of thiocarbonyl (C=S) groups is 1. The van der Waals surface area contributed by atoms with Crippen LogP contribution in [0, 0.1) is 22.7 Å². The van der Waals surface area contributed by atoms with Crippen LogP contribution in [0.1, 0.15) is 45.7 Å². The fourth-order valence-electron chi connectivity index (χ4n) is 3.59. The third-order valence-corrected chi connectivity index (χ3v) is 7.23. The molecule has 11 heteroatoms. The van der Waals surface area contributed by atoms with Gasteiger partial charge in [0.15, 0.2) is 10.6 Å². The number of thiol groups is 1. The molecule has 0 spiro atoms. The highest BCUT2D eigenvalue weighted by molar-refractivity contribution is 9.10. The summed E-state index contributed by atoms with van der Waals surface area (Å²) in [6.45, 7) is 4.00. The van der Waals surface area contributed by atoms with Gasteiger partial charge in [0.2, 0.25) is 5.78 Å². The van der Waals surface area contributed by atoms with E-state index >= 15 is 0 Å². The van der Waals surface area contributed by atoms with Crippen LogP contribution in [0.3, 0.4) is 0 Å². The van der Waals surface area contributed by atoms with Gasteiger partial charge in [-0.3, -0.25) is 9.59 Å². The maximum absolute atomic E-state index is 12.5. The largest absolute Gasteiger partial charge is 0.386 e. The average Bonchev–Trinajstić information content (AvgIpc) is 3.15. The molecule has 0 aliphatic heterocycles. The second kappa shape index (κ2) is 26.0. The molecule has 0 bridgehead atoms. The summed E-state index contributed by atoms with van der Waals surface area (Å²) in [6, 6.07) is 36.0. The number of rotatable bonds is 7. The van der Waals surface area contributed by atoms with Crippen LogP contribution in [0.15, 0.2) is 115 Å². The van der Waals surface area contributed by atoms with Crippen LogP contribution in [0.2, 0.25) is 10.0 Å². The molecule has 6 nitrogen and oxygen atoms in total. The molecule has 0 fully saturated rings. The van der Waals surface area contributed by atoms with Crippen molar-refractivity contribution < 1.29 is 9.59 Å². The topological polar surface area (TPSA) is 106 Å². The number of nitrogens with one attached hydrogen (secondary N) is 2. The van der Waals surface area contributed by atoms with Crippen molar-refractivity contribution in [1.29, 1.82) is 10.5 Å². The number of nitriles is 2. The molecule has 0 amide bonds. The predicted octanol–water partition coefficient (Wildman–Crippen LogP) is 9.64. The monoisotopic (exact) mass is 782 g/mol. The first kappa shape index (κ1) is 44.0. The molecule has 0 aliphatic rings. The lowest BCUT2D eigenvalue weighted by atomic mass is 9.99. The van der Waals surface area contributed by atoms with Gasteiger partial charge < -0.3 is 10.6 Å². The van der Waals surface area contributed by atoms with Crippen LogP contribution < -0.4 is 10.6 Å². The van der Waals surface area contributed by atoms with Gasteiger partial charge in [0.25, 0.3) is 0 Å². The zero-order chi connectivity index (χ0) is 36.5. The van der Waals surface area contributed by atoms with Crippen molar-refractivity contribution >= 4 is 86.2 Å². The lowest BCUT2D eigenvalue weighted by Crippen LogP contribution is -2.15. The smallest absolute Gasteiger partial charge is 0.205 e. The van der Waals surface area contributed by atoms with Crippen molar-refractivity contribution in [2.24, 2.45) is 0 Å². The standard InChI is InChI=1S/C17H13ClN2O.C9H5BrClNO.C8H9NS.C2H6.CH4S/c1-20-16(12-6-3-2-4-7-12)15(11-19)17(21)13-8-5-9-14(18)10-13;10-8(5-12)9(13)6-2-1-3-7(11)4-6;1-9-8(10)7-5-3-2-4-6-7;2*1-2/h2-10,20H,1H3;1-4,8H;2-6H,1H3,(H,9,10);1-2H3;2H,1H3/b16-15-;;;;. The third kappa shape index (κ3) is 15.3.